The van der Waals surface area contributed by atoms with Gasteiger partial charge in [0.05, 0.1) is 0 Å². The summed E-state index contributed by atoms with van der Waals surface area (Å²) in [5.74, 6) is 0.867. The Balaban J connectivity index is 1.16. The summed E-state index contributed by atoms with van der Waals surface area (Å²) in [5.41, 5.74) is 8.51. The van der Waals surface area contributed by atoms with Crippen molar-refractivity contribution in [1.29, 1.82) is 0 Å². The minimum absolute atomic E-state index is 0.219. The maximum absolute atomic E-state index is 11.5. The van der Waals surface area contributed by atoms with Crippen molar-refractivity contribution < 1.29 is 4.79 Å². The predicted octanol–water partition coefficient (Wildman–Crippen LogP) is 6.66. The van der Waals surface area contributed by atoms with Crippen molar-refractivity contribution in [3.05, 3.63) is 88.5 Å². The fourth-order valence-electron chi connectivity index (χ4n) is 5.87. The van der Waals surface area contributed by atoms with Crippen LogP contribution in [0.4, 0.5) is 0 Å². The molecule has 3 nitrogen and oxygen atoms in total. The van der Waals surface area contributed by atoms with Gasteiger partial charge in [0, 0.05) is 33.1 Å². The van der Waals surface area contributed by atoms with Gasteiger partial charge in [-0.2, -0.15) is 0 Å². The molecule has 0 unspecified atom stereocenters. The normalized spacial score (nSPS) is 19.1. The van der Waals surface area contributed by atoms with Gasteiger partial charge in [-0.3, -0.25) is 4.79 Å². The zero-order chi connectivity index (χ0) is 24.0. The van der Waals surface area contributed by atoms with Crippen molar-refractivity contribution in [2.45, 2.75) is 45.4 Å². The van der Waals surface area contributed by atoms with Crippen molar-refractivity contribution in [2.75, 3.05) is 32.7 Å². The Labute approximate surface area is 210 Å². The van der Waals surface area contributed by atoms with Crippen LogP contribution >= 0.6 is 0 Å². The quantitative estimate of drug-likeness (QED) is 0.310. The van der Waals surface area contributed by atoms with Gasteiger partial charge in [0.25, 0.3) is 0 Å². The molecular weight excluding hydrogens is 428 g/mol. The third kappa shape index (κ3) is 5.67. The van der Waals surface area contributed by atoms with Crippen LogP contribution in [0.25, 0.3) is 17.7 Å². The summed E-state index contributed by atoms with van der Waals surface area (Å²) in [4.78, 5) is 16.1. The van der Waals surface area contributed by atoms with E-state index in [1.165, 1.54) is 40.8 Å². The van der Waals surface area contributed by atoms with Gasteiger partial charge in [-0.1, -0.05) is 78.4 Å². The molecule has 0 aromatic heterocycles. The molecule has 2 fully saturated rings. The topological polar surface area (TPSA) is 23.6 Å². The largest absolute Gasteiger partial charge is 0.343 e. The summed E-state index contributed by atoms with van der Waals surface area (Å²) in [7, 11) is 0. The van der Waals surface area contributed by atoms with Crippen molar-refractivity contribution in [1.82, 2.24) is 9.80 Å². The van der Waals surface area contributed by atoms with E-state index >= 15 is 0 Å². The Morgan fingerprint density at radius 2 is 1.49 bits per heavy atom. The summed E-state index contributed by atoms with van der Waals surface area (Å²) in [6.07, 6.45) is 16.3. The van der Waals surface area contributed by atoms with Gasteiger partial charge in [-0.25, -0.2) is 0 Å². The third-order valence-corrected chi connectivity index (χ3v) is 7.95. The minimum atomic E-state index is 0.219. The minimum Gasteiger partial charge on any atom is -0.343 e. The number of benzene rings is 2. The molecule has 2 aromatic carbocycles. The van der Waals surface area contributed by atoms with E-state index in [9.17, 15) is 4.79 Å². The molecule has 182 valence electrons. The molecule has 0 bridgehead atoms. The van der Waals surface area contributed by atoms with Crippen LogP contribution < -0.4 is 0 Å². The van der Waals surface area contributed by atoms with E-state index in [0.29, 0.717) is 5.92 Å². The molecule has 2 heterocycles. The van der Waals surface area contributed by atoms with Crippen LogP contribution in [0.5, 0.6) is 0 Å². The van der Waals surface area contributed by atoms with Crippen LogP contribution in [0.1, 0.15) is 67.7 Å². The monoisotopic (exact) mass is 466 g/mol. The Hall–Kier alpha value is -2.91. The lowest BCUT2D eigenvalue weighted by Crippen LogP contribution is -2.36. The number of carbonyl (C=O) groups excluding carboxylic acids is 1. The van der Waals surface area contributed by atoms with Crippen molar-refractivity contribution in [3.8, 4) is 0 Å². The summed E-state index contributed by atoms with van der Waals surface area (Å²) < 4.78 is 0. The highest BCUT2D eigenvalue weighted by molar-refractivity contribution is 5.94. The summed E-state index contributed by atoms with van der Waals surface area (Å²) in [6, 6.07) is 17.7. The number of unbranched alkanes of at least 4 members (excludes halogenated alkanes) is 1. The molecule has 3 heteroatoms. The SMILES string of the molecule is CC(=O)N1CCC(C=CCCCN2CCC(=C3c4ccccc4C=Cc4ccccc43)CC2)CC1. The highest BCUT2D eigenvalue weighted by atomic mass is 16.2. The number of nitrogens with zero attached hydrogens (tertiary/aromatic N) is 2. The zero-order valence-electron chi connectivity index (χ0n) is 21.1. The molecule has 0 atom stereocenters. The lowest BCUT2D eigenvalue weighted by atomic mass is 9.86. The number of likely N-dealkylation sites (tertiary alicyclic amines) is 2. The molecular formula is C32H38N2O. The third-order valence-electron chi connectivity index (χ3n) is 7.95. The molecule has 2 saturated heterocycles. The number of hydrogen-bond acceptors (Lipinski definition) is 2. The van der Waals surface area contributed by atoms with Crippen molar-refractivity contribution in [3.63, 3.8) is 0 Å². The van der Waals surface area contributed by atoms with Crippen LogP contribution in [0.2, 0.25) is 0 Å². The molecule has 0 N–H and O–H groups in total. The van der Waals surface area contributed by atoms with Crippen LogP contribution in [0.3, 0.4) is 0 Å². The Morgan fingerprint density at radius 1 is 0.886 bits per heavy atom. The summed E-state index contributed by atoms with van der Waals surface area (Å²) >= 11 is 0. The van der Waals surface area contributed by atoms with Gasteiger partial charge in [-0.05, 0) is 78.8 Å². The first-order valence-corrected chi connectivity index (χ1v) is 13.4. The molecule has 2 aliphatic heterocycles. The molecule has 0 radical (unpaired) electrons. The second-order valence-electron chi connectivity index (χ2n) is 10.2. The molecule has 0 saturated carbocycles. The molecule has 5 rings (SSSR count). The van der Waals surface area contributed by atoms with Gasteiger partial charge >= 0.3 is 0 Å². The smallest absolute Gasteiger partial charge is 0.219 e. The average Bonchev–Trinajstić information content (AvgIpc) is 3.06. The summed E-state index contributed by atoms with van der Waals surface area (Å²) in [5, 5.41) is 0. The predicted molar refractivity (Wildman–Crippen MR) is 147 cm³/mol. The van der Waals surface area contributed by atoms with E-state index in [1.54, 1.807) is 12.5 Å². The number of piperidine rings is 2. The number of carbonyl (C=O) groups is 1. The first kappa shape index (κ1) is 23.8. The number of fused-ring (bicyclic) bond motifs is 2. The molecule has 3 aliphatic rings. The molecule has 1 aliphatic carbocycles. The lowest BCUT2D eigenvalue weighted by Gasteiger charge is -2.30. The second-order valence-corrected chi connectivity index (χ2v) is 10.2. The highest BCUT2D eigenvalue weighted by Gasteiger charge is 2.22. The van der Waals surface area contributed by atoms with Crippen LogP contribution in [0, 0.1) is 5.92 Å². The van der Waals surface area contributed by atoms with E-state index < -0.39 is 0 Å². The number of rotatable bonds is 5. The summed E-state index contributed by atoms with van der Waals surface area (Å²) in [6.45, 7) is 7.02. The number of amides is 1. The molecule has 2 aromatic rings. The first-order valence-electron chi connectivity index (χ1n) is 13.4. The molecule has 0 spiro atoms. The van der Waals surface area contributed by atoms with E-state index in [-0.39, 0.29) is 5.91 Å². The fraction of sp³-hybridized carbons (Fsp3) is 0.406. The number of hydrogen-bond donors (Lipinski definition) is 0. The first-order chi connectivity index (χ1) is 17.2. The Bertz CT molecular complexity index is 1070. The lowest BCUT2D eigenvalue weighted by molar-refractivity contribution is -0.129. The average molecular weight is 467 g/mol. The highest BCUT2D eigenvalue weighted by Crippen LogP contribution is 2.38. The molecule has 1 amide bonds. The maximum Gasteiger partial charge on any atom is 0.219 e. The molecule has 35 heavy (non-hydrogen) atoms. The van der Waals surface area contributed by atoms with Crippen LogP contribution in [-0.2, 0) is 4.79 Å². The van der Waals surface area contributed by atoms with Gasteiger partial charge in [0.1, 0.15) is 0 Å². The fourth-order valence-corrected chi connectivity index (χ4v) is 5.87. The van der Waals surface area contributed by atoms with Crippen molar-refractivity contribution >= 4 is 23.6 Å². The van der Waals surface area contributed by atoms with Crippen LogP contribution in [-0.4, -0.2) is 48.4 Å². The van der Waals surface area contributed by atoms with E-state index in [2.05, 4.69) is 77.7 Å². The van der Waals surface area contributed by atoms with Gasteiger partial charge in [-0.15, -0.1) is 0 Å². The zero-order valence-corrected chi connectivity index (χ0v) is 21.1. The second kappa shape index (κ2) is 11.2. The van der Waals surface area contributed by atoms with Gasteiger partial charge < -0.3 is 9.80 Å². The van der Waals surface area contributed by atoms with Gasteiger partial charge in [0.15, 0.2) is 0 Å². The van der Waals surface area contributed by atoms with E-state index in [4.69, 9.17) is 0 Å². The van der Waals surface area contributed by atoms with E-state index in [1.807, 2.05) is 4.90 Å². The Kier molecular flexibility index (Phi) is 7.63. The standard InChI is InChI=1S/C32H38N2O/c1-25(35)34-23-16-26(17-24-34)9-3-2-8-20-33-21-18-29(19-22-33)32-30-12-6-4-10-27(30)14-15-28-11-5-7-13-31(28)32/h3-7,9-15,26H,2,8,16-24H2,1H3. The van der Waals surface area contributed by atoms with Crippen LogP contribution in [0.15, 0.2) is 66.3 Å². The van der Waals surface area contributed by atoms with E-state index in [0.717, 1.165) is 58.3 Å². The van der Waals surface area contributed by atoms with Crippen molar-refractivity contribution in [2.24, 2.45) is 5.92 Å². The number of allylic oxidation sites excluding steroid dienone is 2. The Morgan fingerprint density at radius 3 is 2.09 bits per heavy atom. The maximum atomic E-state index is 11.5. The van der Waals surface area contributed by atoms with Gasteiger partial charge in [0.2, 0.25) is 5.91 Å².